The highest BCUT2D eigenvalue weighted by Gasteiger charge is 2.59. The van der Waals surface area contributed by atoms with Crippen LogP contribution in [0.1, 0.15) is 278 Å². The van der Waals surface area contributed by atoms with E-state index in [4.69, 9.17) is 0 Å². The molecule has 16 aromatic carbocycles. The van der Waals surface area contributed by atoms with E-state index >= 15 is 0 Å². The van der Waals surface area contributed by atoms with E-state index in [-0.39, 0.29) is 58.2 Å². The zero-order chi connectivity index (χ0) is 81.2. The molecule has 123 heavy (non-hydrogen) atoms. The molecular weight excluding hydrogens is 1490 g/mol. The minimum atomic E-state index is -1.15. The number of hydrogen-bond acceptors (Lipinski definition) is 4. The van der Waals surface area contributed by atoms with Gasteiger partial charge in [0.15, 0.2) is 0 Å². The van der Waals surface area contributed by atoms with Gasteiger partial charge in [-0.05, 0) is 236 Å². The lowest BCUT2D eigenvalue weighted by molar-refractivity contribution is 0.587. The third kappa shape index (κ3) is 7.13. The Morgan fingerprint density at radius 3 is 0.691 bits per heavy atom. The van der Waals surface area contributed by atoms with Crippen molar-refractivity contribution < 1.29 is 0 Å². The predicted octanol–water partition coefficient (Wildman–Crippen LogP) is 26.4. The average molecular weight is 1560 g/mol. The van der Waals surface area contributed by atoms with Crippen molar-refractivity contribution in [2.75, 3.05) is 0 Å². The van der Waals surface area contributed by atoms with Gasteiger partial charge in [0.25, 0.3) is 0 Å². The highest BCUT2D eigenvalue weighted by Crippen LogP contribution is 2.73. The predicted molar refractivity (Wildman–Crippen MR) is 487 cm³/mol. The van der Waals surface area contributed by atoms with E-state index in [1.54, 1.807) is 0 Å². The minimum Gasteiger partial charge on any atom is -0.308 e. The second-order valence-electron chi connectivity index (χ2n) is 39.1. The molecule has 0 saturated heterocycles. The lowest BCUT2D eigenvalue weighted by atomic mass is 9.59. The van der Waals surface area contributed by atoms with Gasteiger partial charge in [-0.2, -0.15) is 21.0 Å². The molecular formula is C117H70N6. The summed E-state index contributed by atoms with van der Waals surface area (Å²) in [5.74, 6) is -1.81. The molecule has 34 rings (SSSR count). The molecule has 568 valence electrons. The summed E-state index contributed by atoms with van der Waals surface area (Å²) in [5, 5.41) is 58.9. The molecule has 1 spiro atoms. The first-order valence-corrected chi connectivity index (χ1v) is 43.7. The molecule has 14 aliphatic carbocycles. The van der Waals surface area contributed by atoms with Crippen molar-refractivity contribution in [1.82, 2.24) is 8.80 Å². The van der Waals surface area contributed by atoms with Gasteiger partial charge in [-0.25, -0.2) is 0 Å². The number of benzene rings is 16. The van der Waals surface area contributed by atoms with Crippen LogP contribution in [0.5, 0.6) is 0 Å². The van der Waals surface area contributed by atoms with Crippen LogP contribution in [-0.4, -0.2) is 8.80 Å². The molecule has 0 fully saturated rings. The van der Waals surface area contributed by atoms with E-state index < -0.39 is 5.41 Å². The highest BCUT2D eigenvalue weighted by atomic mass is 14.9. The molecule has 4 heterocycles. The molecule has 6 heteroatoms. The van der Waals surface area contributed by atoms with Crippen molar-refractivity contribution in [2.45, 2.75) is 105 Å². The largest absolute Gasteiger partial charge is 0.308 e. The monoisotopic (exact) mass is 1560 g/mol. The Balaban J connectivity index is 0.894. The maximum Gasteiger partial charge on any atom is 0.0995 e. The van der Waals surface area contributed by atoms with E-state index in [1.807, 2.05) is 0 Å². The summed E-state index contributed by atoms with van der Waals surface area (Å²) < 4.78 is 5.17. The fraction of sp³-hybridized carbons (Fsp3) is 0.145. The van der Waals surface area contributed by atoms with Crippen LogP contribution in [0.2, 0.25) is 0 Å². The zero-order valence-electron chi connectivity index (χ0n) is 68.2. The van der Waals surface area contributed by atoms with Crippen LogP contribution in [0.4, 0.5) is 0 Å². The Morgan fingerprint density at radius 2 is 0.463 bits per heavy atom. The molecule has 0 N–H and O–H groups in total. The van der Waals surface area contributed by atoms with E-state index in [1.165, 1.54) is 167 Å². The minimum absolute atomic E-state index is 0.199. The number of fused-ring (bicyclic) bond motifs is 24. The number of nitriles is 4. The zero-order valence-corrected chi connectivity index (χ0v) is 68.2. The van der Waals surface area contributed by atoms with Crippen molar-refractivity contribution in [2.24, 2.45) is 0 Å². The second kappa shape index (κ2) is 21.4. The maximum absolute atomic E-state index is 12.5. The van der Waals surface area contributed by atoms with Crippen LogP contribution < -0.4 is 0 Å². The number of hydrogen-bond donors (Lipinski definition) is 0. The molecule has 0 saturated carbocycles. The number of aromatic nitrogens is 2. The molecule has 6 nitrogen and oxygen atoms in total. The molecule has 0 aliphatic heterocycles. The highest BCUT2D eigenvalue weighted by molar-refractivity contribution is 6.34. The quantitative estimate of drug-likeness (QED) is 0.151. The fourth-order valence-electron chi connectivity index (χ4n) is 28.1. The molecule has 14 aliphatic rings. The average Bonchev–Trinajstić information content (AvgIpc) is 1.45. The lowest BCUT2D eigenvalue weighted by Crippen LogP contribution is -2.30. The number of rotatable bonds is 0. The van der Waals surface area contributed by atoms with E-state index in [9.17, 15) is 21.0 Å². The Bertz CT molecular complexity index is 8140. The van der Waals surface area contributed by atoms with Gasteiger partial charge < -0.3 is 8.80 Å². The van der Waals surface area contributed by atoms with E-state index in [0.29, 0.717) is 22.3 Å². The Hall–Kier alpha value is -14.9. The first-order chi connectivity index (χ1) is 60.2. The Kier molecular flexibility index (Phi) is 11.5. The first-order valence-electron chi connectivity index (χ1n) is 43.7. The lowest BCUT2D eigenvalue weighted by Gasteiger charge is -2.43. The normalized spacial score (nSPS) is 19.7. The van der Waals surface area contributed by atoms with Gasteiger partial charge in [0.05, 0.1) is 85.0 Å². The van der Waals surface area contributed by atoms with Crippen LogP contribution >= 0.6 is 0 Å². The van der Waals surface area contributed by atoms with Crippen molar-refractivity contribution in [3.05, 3.63) is 456 Å². The standard InChI is InChI=1S/C117H70N6/c1-115(2,3)59-39-41-61-62-42-40-60(116(4,5)6)48-84(62)117(83(61)47-59)111-79(49-81-101-85(43-55(51-118)89-93-63-23-7-15-31-71(63)97(105(89)101)72-32-16-8-24-64(72)93)122-87-45-57(53-120)91-95-67-27-11-19-35-75(67)99(76-36-20-12-28-68(76)95)107(91)103(87)109(111)113(81)122)80-50-82-102-86(44-56(52-119)90-94-65-25-9-17-33-73(65)98(106(90)102)74-34-18-10-26-66(74)94)123-88-46-58(54-121)92-96-69-29-13-21-37-77(69)100(78-38-22-14-30-70(78)96)108(92)104(88)110(112(80)117)114(82)123/h7-50,93-100H,1-6H3. The fourth-order valence-corrected chi connectivity index (χ4v) is 28.1. The van der Waals surface area contributed by atoms with Gasteiger partial charge in [0, 0.05) is 90.4 Å². The SMILES string of the molecule is CC(C)(C)c1ccc2c(c1)C1(c3cc(C(C)(C)C)ccc3-2)c2c(cc3c4c5c(c(C#N)cc4n4c6cc(C#N)c7c(c6c2c34)C2c3ccccc3C7c3ccccc32)C2c3ccccc3C5c3ccccc32)-c2cc3c4c5c(c(C#N)cc4n4c6cc(C#N)c7c(c6c(c21)c34)C1c2ccccc2C7c2ccccc21)C1c2ccccc2C5c2ccccc21. The van der Waals surface area contributed by atoms with Crippen molar-refractivity contribution in [3.8, 4) is 46.5 Å². The van der Waals surface area contributed by atoms with Crippen LogP contribution in [0.15, 0.2) is 267 Å². The van der Waals surface area contributed by atoms with Gasteiger partial charge in [0.2, 0.25) is 0 Å². The maximum atomic E-state index is 12.5. The summed E-state index contributed by atoms with van der Waals surface area (Å²) in [4.78, 5) is 0. The van der Waals surface area contributed by atoms with E-state index in [0.717, 1.165) is 98.8 Å². The summed E-state index contributed by atoms with van der Waals surface area (Å²) in [6, 6.07) is 114. The molecule has 0 radical (unpaired) electrons. The molecule has 0 atom stereocenters. The van der Waals surface area contributed by atoms with Crippen molar-refractivity contribution in [1.29, 1.82) is 21.0 Å². The van der Waals surface area contributed by atoms with Gasteiger partial charge in [0.1, 0.15) is 0 Å². The summed E-state index contributed by atoms with van der Waals surface area (Å²) in [6.07, 6.45) is 0. The third-order valence-corrected chi connectivity index (χ3v) is 32.2. The van der Waals surface area contributed by atoms with Crippen molar-refractivity contribution >= 4 is 76.2 Å². The van der Waals surface area contributed by atoms with Gasteiger partial charge in [-0.1, -0.05) is 272 Å². The second-order valence-corrected chi connectivity index (χ2v) is 39.1. The molecule has 8 bridgehead atoms. The smallest absolute Gasteiger partial charge is 0.0995 e. The molecule has 20 aromatic rings. The third-order valence-electron chi connectivity index (χ3n) is 32.2. The summed E-state index contributed by atoms with van der Waals surface area (Å²) in [7, 11) is 0. The number of nitrogens with zero attached hydrogens (tertiary/aromatic N) is 6. The van der Waals surface area contributed by atoms with Crippen molar-refractivity contribution in [3.63, 3.8) is 0 Å². The van der Waals surface area contributed by atoms with Crippen LogP contribution in [-0.2, 0) is 16.2 Å². The van der Waals surface area contributed by atoms with Crippen LogP contribution in [0.3, 0.4) is 0 Å². The van der Waals surface area contributed by atoms with Crippen LogP contribution in [0, 0.1) is 45.3 Å². The van der Waals surface area contributed by atoms with Gasteiger partial charge >= 0.3 is 0 Å². The topological polar surface area (TPSA) is 104 Å². The summed E-state index contributed by atoms with van der Waals surface area (Å²) >= 11 is 0. The Labute approximate surface area is 709 Å². The van der Waals surface area contributed by atoms with E-state index in [2.05, 4.69) is 342 Å². The van der Waals surface area contributed by atoms with Gasteiger partial charge in [-0.3, -0.25) is 0 Å². The van der Waals surface area contributed by atoms with Gasteiger partial charge in [-0.15, -0.1) is 0 Å². The molecule has 0 unspecified atom stereocenters. The first kappa shape index (κ1) is 65.9. The Morgan fingerprint density at radius 1 is 0.244 bits per heavy atom. The molecule has 0 amide bonds. The summed E-state index contributed by atoms with van der Waals surface area (Å²) in [5.41, 5.74) is 48.4. The van der Waals surface area contributed by atoms with Crippen LogP contribution in [0.25, 0.3) is 98.4 Å². The summed E-state index contributed by atoms with van der Waals surface area (Å²) in [6.45, 7) is 14.3. The molecule has 4 aromatic heterocycles.